The van der Waals surface area contributed by atoms with Crippen LogP contribution in [-0.4, -0.2) is 7.05 Å². The van der Waals surface area contributed by atoms with Gasteiger partial charge in [-0.1, -0.05) is 12.1 Å². The molecule has 0 saturated carbocycles. The molecule has 0 spiro atoms. The maximum absolute atomic E-state index is 5.57. The van der Waals surface area contributed by atoms with E-state index in [1.165, 1.54) is 0 Å². The molecule has 56 valence electrons. The van der Waals surface area contributed by atoms with Crippen LogP contribution in [0.4, 0.5) is 11.4 Å². The lowest BCUT2D eigenvalue weighted by atomic mass is 10.3. The van der Waals surface area contributed by atoms with Crippen LogP contribution in [0.5, 0.6) is 0 Å². The van der Waals surface area contributed by atoms with Crippen molar-refractivity contribution in [3.05, 3.63) is 24.3 Å². The number of rotatable bonds is 1. The van der Waals surface area contributed by atoms with Crippen molar-refractivity contribution in [2.45, 2.75) is 0 Å². The number of hydrogen-bond donors (Lipinski definition) is 1. The second-order valence-electron chi connectivity index (χ2n) is 1.95. The number of nitrogens with zero attached hydrogens (tertiary/aromatic N) is 3. The first kappa shape index (κ1) is 7.44. The van der Waals surface area contributed by atoms with Crippen molar-refractivity contribution in [2.75, 3.05) is 12.8 Å². The molecule has 1 aromatic rings. The smallest absolute Gasteiger partial charge is 0.222 e. The molecule has 11 heavy (non-hydrogen) atoms. The van der Waals surface area contributed by atoms with Crippen molar-refractivity contribution in [2.24, 2.45) is 10.2 Å². The second-order valence-corrected chi connectivity index (χ2v) is 1.95. The van der Waals surface area contributed by atoms with Crippen LogP contribution in [0.1, 0.15) is 0 Å². The Labute approximate surface area is 64.5 Å². The van der Waals surface area contributed by atoms with Gasteiger partial charge in [0, 0.05) is 0 Å². The normalized spacial score (nSPS) is 8.45. The van der Waals surface area contributed by atoms with Gasteiger partial charge in [-0.3, -0.25) is 0 Å². The summed E-state index contributed by atoms with van der Waals surface area (Å²) >= 11 is 0. The standard InChI is InChI=1S/C7H8N4/c1-9-11-10-7-5-3-2-4-6(7)8/h2-5,8H,1H3/p+1. The van der Waals surface area contributed by atoms with Crippen molar-refractivity contribution < 1.29 is 0 Å². The van der Waals surface area contributed by atoms with Crippen molar-refractivity contribution in [3.63, 3.8) is 0 Å². The molecule has 2 N–H and O–H groups in total. The Kier molecular flexibility index (Phi) is 2.36. The van der Waals surface area contributed by atoms with Gasteiger partial charge in [0.1, 0.15) is 12.2 Å². The van der Waals surface area contributed by atoms with Gasteiger partial charge in [-0.05, 0) is 12.1 Å². The quantitative estimate of drug-likeness (QED) is 0.367. The lowest BCUT2D eigenvalue weighted by Gasteiger charge is -1.88. The van der Waals surface area contributed by atoms with Gasteiger partial charge in [-0.2, -0.15) is 0 Å². The fourth-order valence-electron chi connectivity index (χ4n) is 0.672. The van der Waals surface area contributed by atoms with Gasteiger partial charge in [0.15, 0.2) is 10.8 Å². The van der Waals surface area contributed by atoms with Crippen LogP contribution in [0.3, 0.4) is 0 Å². The monoisotopic (exact) mass is 149 g/mol. The molecule has 0 aliphatic heterocycles. The maximum atomic E-state index is 5.57. The summed E-state index contributed by atoms with van der Waals surface area (Å²) in [6, 6.07) is 7.24. The third kappa shape index (κ3) is 1.88. The van der Waals surface area contributed by atoms with Gasteiger partial charge in [0.2, 0.25) is 4.91 Å². The van der Waals surface area contributed by atoms with Crippen LogP contribution in [-0.2, 0) is 0 Å². The molecule has 0 aromatic heterocycles. The highest BCUT2D eigenvalue weighted by atomic mass is 15.2. The predicted octanol–water partition coefficient (Wildman–Crippen LogP) is 1.50. The molecule has 0 radical (unpaired) electrons. The highest BCUT2D eigenvalue weighted by molar-refractivity contribution is 5.61. The number of hydrogen-bond acceptors (Lipinski definition) is 3. The molecule has 0 heterocycles. The van der Waals surface area contributed by atoms with Crippen molar-refractivity contribution in [1.82, 2.24) is 4.91 Å². The van der Waals surface area contributed by atoms with Crippen LogP contribution >= 0.6 is 0 Å². The number of nitrogens with two attached hydrogens (primary N) is 1. The van der Waals surface area contributed by atoms with Crippen molar-refractivity contribution in [3.8, 4) is 0 Å². The Balaban J connectivity index is 3.04. The van der Waals surface area contributed by atoms with Crippen LogP contribution in [0.15, 0.2) is 34.5 Å². The molecule has 0 atom stereocenters. The molecule has 0 saturated heterocycles. The third-order valence-electron chi connectivity index (χ3n) is 1.18. The van der Waals surface area contributed by atoms with E-state index >= 15 is 0 Å². The summed E-state index contributed by atoms with van der Waals surface area (Å²) in [7, 11) is 1.56. The fourth-order valence-corrected chi connectivity index (χ4v) is 0.672. The molecule has 0 fully saturated rings. The van der Waals surface area contributed by atoms with E-state index in [9.17, 15) is 0 Å². The molecule has 1 rings (SSSR count). The predicted molar refractivity (Wildman–Crippen MR) is 43.4 cm³/mol. The van der Waals surface area contributed by atoms with Crippen LogP contribution in [0.2, 0.25) is 0 Å². The molecule has 4 nitrogen and oxygen atoms in total. The Hall–Kier alpha value is -1.67. The first-order valence-corrected chi connectivity index (χ1v) is 3.19. The largest absolute Gasteiger partial charge is 0.397 e. The number of benzene rings is 1. The average Bonchev–Trinajstić information content (AvgIpc) is 2.03. The topological polar surface area (TPSA) is 64.8 Å². The minimum atomic E-state index is 0.611. The number of anilines is 1. The van der Waals surface area contributed by atoms with Gasteiger partial charge in [-0.25, -0.2) is 0 Å². The zero-order valence-corrected chi connectivity index (χ0v) is 6.23. The van der Waals surface area contributed by atoms with Crippen molar-refractivity contribution >= 4 is 11.4 Å². The van der Waals surface area contributed by atoms with Gasteiger partial charge in [0.05, 0.1) is 5.69 Å². The van der Waals surface area contributed by atoms with E-state index in [4.69, 9.17) is 5.73 Å². The van der Waals surface area contributed by atoms with E-state index in [0.717, 1.165) is 0 Å². The molecule has 0 amide bonds. The molecule has 0 unspecified atom stereocenters. The minimum absolute atomic E-state index is 0.611. The summed E-state index contributed by atoms with van der Waals surface area (Å²) in [5.74, 6) is 0. The first-order chi connectivity index (χ1) is 5.34. The minimum Gasteiger partial charge on any atom is -0.397 e. The zero-order chi connectivity index (χ0) is 8.10. The first-order valence-electron chi connectivity index (χ1n) is 3.19. The Bertz CT molecular complexity index is 299. The van der Waals surface area contributed by atoms with Crippen LogP contribution in [0.25, 0.3) is 0 Å². The summed E-state index contributed by atoms with van der Waals surface area (Å²) in [5, 5.41) is 7.23. The van der Waals surface area contributed by atoms with Gasteiger partial charge >= 0.3 is 0 Å². The Morgan fingerprint density at radius 3 is 2.73 bits per heavy atom. The van der Waals surface area contributed by atoms with Crippen molar-refractivity contribution in [1.29, 1.82) is 0 Å². The molecule has 4 heteroatoms. The fraction of sp³-hybridized carbons (Fsp3) is 0.143. The van der Waals surface area contributed by atoms with E-state index < -0.39 is 0 Å². The lowest BCUT2D eigenvalue weighted by Crippen LogP contribution is -1.83. The highest BCUT2D eigenvalue weighted by Crippen LogP contribution is 2.18. The van der Waals surface area contributed by atoms with Gasteiger partial charge in [-0.15, -0.1) is 0 Å². The summed E-state index contributed by atoms with van der Waals surface area (Å²) in [4.78, 5) is 3.47. The lowest BCUT2D eigenvalue weighted by molar-refractivity contribution is 1.02. The van der Waals surface area contributed by atoms with Gasteiger partial charge < -0.3 is 5.73 Å². The summed E-state index contributed by atoms with van der Waals surface area (Å²) in [6.45, 7) is 0. The molecule has 1 aromatic carbocycles. The maximum Gasteiger partial charge on any atom is 0.222 e. The summed E-state index contributed by atoms with van der Waals surface area (Å²) in [5.41, 5.74) is 6.83. The molecule has 0 aliphatic rings. The Morgan fingerprint density at radius 1 is 1.36 bits per heavy atom. The van der Waals surface area contributed by atoms with Gasteiger partial charge in [0.25, 0.3) is 0 Å². The second kappa shape index (κ2) is 3.49. The van der Waals surface area contributed by atoms with E-state index in [0.29, 0.717) is 11.4 Å². The molecular weight excluding hydrogens is 140 g/mol. The van der Waals surface area contributed by atoms with E-state index in [-0.39, 0.29) is 0 Å². The number of para-hydroxylation sites is 1. The molecule has 0 bridgehead atoms. The summed E-state index contributed by atoms with van der Waals surface area (Å²) < 4.78 is 0. The average molecular weight is 149 g/mol. The molecule has 0 aliphatic carbocycles. The molecular formula is C7H9N4+. The summed E-state index contributed by atoms with van der Waals surface area (Å²) in [6.07, 6.45) is 0. The third-order valence-corrected chi connectivity index (χ3v) is 1.18. The SMILES string of the molecule is CN=[N+]=Nc1ccccc1N. The Morgan fingerprint density at radius 2 is 2.09 bits per heavy atom. The van der Waals surface area contributed by atoms with E-state index in [2.05, 4.69) is 15.1 Å². The van der Waals surface area contributed by atoms with E-state index in [1.54, 1.807) is 19.2 Å². The highest BCUT2D eigenvalue weighted by Gasteiger charge is 1.98. The van der Waals surface area contributed by atoms with E-state index in [1.807, 2.05) is 12.1 Å². The zero-order valence-electron chi connectivity index (χ0n) is 6.23. The number of nitrogen functional groups attached to an aromatic ring is 1. The van der Waals surface area contributed by atoms with Crippen LogP contribution < -0.4 is 10.6 Å². The van der Waals surface area contributed by atoms with Crippen LogP contribution in [0, 0.1) is 0 Å².